The number of amidine groups is 1. The molecule has 0 unspecified atom stereocenters. The highest BCUT2D eigenvalue weighted by Gasteiger charge is 2.21. The Morgan fingerprint density at radius 1 is 1.21 bits per heavy atom. The number of para-hydroxylation sites is 2. The van der Waals surface area contributed by atoms with Crippen molar-refractivity contribution in [1.82, 2.24) is 0 Å². The van der Waals surface area contributed by atoms with E-state index in [1.54, 1.807) is 6.07 Å². The van der Waals surface area contributed by atoms with Crippen LogP contribution in [-0.2, 0) is 0 Å². The number of benzene rings is 2. The maximum Gasteiger partial charge on any atom is 0.184 e. The molecule has 0 amide bonds. The van der Waals surface area contributed by atoms with Gasteiger partial charge in [-0.15, -0.1) is 0 Å². The summed E-state index contributed by atoms with van der Waals surface area (Å²) < 4.78 is 0. The van der Waals surface area contributed by atoms with Crippen LogP contribution in [0.4, 0.5) is 11.4 Å². The van der Waals surface area contributed by atoms with Crippen LogP contribution < -0.4 is 10.5 Å². The van der Waals surface area contributed by atoms with Gasteiger partial charge < -0.3 is 0 Å². The summed E-state index contributed by atoms with van der Waals surface area (Å²) in [6.45, 7) is 1.93. The van der Waals surface area contributed by atoms with Crippen molar-refractivity contribution in [2.45, 2.75) is 6.92 Å². The number of rotatable bonds is 1. The lowest BCUT2D eigenvalue weighted by Crippen LogP contribution is -2.32. The second-order valence-electron chi connectivity index (χ2n) is 4.34. The molecule has 0 fully saturated rings. The fourth-order valence-electron chi connectivity index (χ4n) is 1.95. The smallest absolute Gasteiger partial charge is 0.184 e. The van der Waals surface area contributed by atoms with Gasteiger partial charge in [-0.3, -0.25) is 10.6 Å². The monoisotopic (exact) mass is 273 g/mol. The van der Waals surface area contributed by atoms with Gasteiger partial charge in [0, 0.05) is 10.6 Å². The molecule has 1 heterocycles. The van der Waals surface area contributed by atoms with Crippen LogP contribution in [0.15, 0.2) is 47.6 Å². The first kappa shape index (κ1) is 12.0. The van der Waals surface area contributed by atoms with Crippen molar-refractivity contribution in [3.8, 4) is 0 Å². The molecule has 1 aliphatic rings. The number of hydrazone groups is 1. The van der Waals surface area contributed by atoms with Gasteiger partial charge in [0.2, 0.25) is 0 Å². The Kier molecular flexibility index (Phi) is 2.89. The van der Waals surface area contributed by atoms with E-state index in [0.717, 1.165) is 21.9 Å². The van der Waals surface area contributed by atoms with E-state index in [1.165, 1.54) is 0 Å². The van der Waals surface area contributed by atoms with Crippen LogP contribution in [-0.4, -0.2) is 11.0 Å². The Hall–Kier alpha value is -2.04. The quantitative estimate of drug-likeness (QED) is 0.834. The molecule has 0 bridgehead atoms. The highest BCUT2D eigenvalue weighted by Crippen LogP contribution is 2.30. The molecule has 2 N–H and O–H groups in total. The van der Waals surface area contributed by atoms with E-state index in [1.807, 2.05) is 43.3 Å². The van der Waals surface area contributed by atoms with Crippen molar-refractivity contribution < 1.29 is 5.21 Å². The molecule has 5 heteroatoms. The zero-order valence-electron chi connectivity index (χ0n) is 10.3. The molecule has 3 rings (SSSR count). The van der Waals surface area contributed by atoms with E-state index in [2.05, 4.69) is 10.5 Å². The van der Waals surface area contributed by atoms with Crippen molar-refractivity contribution in [3.05, 3.63) is 58.6 Å². The Balaban J connectivity index is 2.03. The van der Waals surface area contributed by atoms with E-state index in [9.17, 15) is 5.21 Å². The lowest BCUT2D eigenvalue weighted by Gasteiger charge is -2.25. The second kappa shape index (κ2) is 4.57. The summed E-state index contributed by atoms with van der Waals surface area (Å²) in [4.78, 5) is 0. The van der Waals surface area contributed by atoms with Crippen LogP contribution in [0.5, 0.6) is 0 Å². The minimum absolute atomic E-state index is 0.417. The molecule has 96 valence electrons. The molecular weight excluding hydrogens is 262 g/mol. The summed E-state index contributed by atoms with van der Waals surface area (Å²) in [5.74, 6) is 0.417. The zero-order chi connectivity index (χ0) is 13.4. The Bertz CT molecular complexity index is 669. The van der Waals surface area contributed by atoms with Crippen LogP contribution in [0.25, 0.3) is 0 Å². The molecular formula is C14H12ClN3O. The Morgan fingerprint density at radius 3 is 2.79 bits per heavy atom. The van der Waals surface area contributed by atoms with Crippen molar-refractivity contribution >= 4 is 28.8 Å². The summed E-state index contributed by atoms with van der Waals surface area (Å²) in [5.41, 5.74) is 6.07. The maximum absolute atomic E-state index is 10.3. The molecule has 0 saturated heterocycles. The summed E-state index contributed by atoms with van der Waals surface area (Å²) in [6.07, 6.45) is 0. The first-order valence-electron chi connectivity index (χ1n) is 5.85. The van der Waals surface area contributed by atoms with Gasteiger partial charge in [0.05, 0.1) is 11.4 Å². The highest BCUT2D eigenvalue weighted by molar-refractivity contribution is 6.32. The standard InChI is InChI=1S/C14H12ClN3O/c1-9-6-7-10(8-11(9)15)14-17-16-12-4-2-3-5-13(12)18(14)19/h2-8,16,19H,1H3. The fourth-order valence-corrected chi connectivity index (χ4v) is 2.13. The lowest BCUT2D eigenvalue weighted by molar-refractivity contribution is 0.312. The van der Waals surface area contributed by atoms with Crippen molar-refractivity contribution in [2.24, 2.45) is 5.10 Å². The van der Waals surface area contributed by atoms with Gasteiger partial charge in [-0.1, -0.05) is 35.9 Å². The number of halogens is 1. The first-order chi connectivity index (χ1) is 9.16. The van der Waals surface area contributed by atoms with Gasteiger partial charge in [0.15, 0.2) is 5.84 Å². The number of hydrogen-bond acceptors (Lipinski definition) is 4. The van der Waals surface area contributed by atoms with Crippen LogP contribution in [0.3, 0.4) is 0 Å². The highest BCUT2D eigenvalue weighted by atomic mass is 35.5. The van der Waals surface area contributed by atoms with Crippen molar-refractivity contribution in [3.63, 3.8) is 0 Å². The van der Waals surface area contributed by atoms with Gasteiger partial charge in [-0.2, -0.15) is 5.10 Å². The van der Waals surface area contributed by atoms with E-state index < -0.39 is 0 Å². The average Bonchev–Trinajstić information content (AvgIpc) is 2.43. The molecule has 1 aliphatic heterocycles. The Labute approximate surface area is 115 Å². The van der Waals surface area contributed by atoms with E-state index in [-0.39, 0.29) is 0 Å². The fraction of sp³-hybridized carbons (Fsp3) is 0.0714. The van der Waals surface area contributed by atoms with E-state index in [0.29, 0.717) is 16.5 Å². The first-order valence-corrected chi connectivity index (χ1v) is 6.23. The number of hydroxylamine groups is 1. The molecule has 0 aliphatic carbocycles. The van der Waals surface area contributed by atoms with Gasteiger partial charge in [-0.05, 0) is 30.7 Å². The van der Waals surface area contributed by atoms with E-state index >= 15 is 0 Å². The van der Waals surface area contributed by atoms with E-state index in [4.69, 9.17) is 11.6 Å². The van der Waals surface area contributed by atoms with Gasteiger partial charge >= 0.3 is 0 Å². The SMILES string of the molecule is Cc1ccc(C2=NNc3ccccc3N2O)cc1Cl. The van der Waals surface area contributed by atoms with Crippen LogP contribution in [0.2, 0.25) is 5.02 Å². The van der Waals surface area contributed by atoms with Gasteiger partial charge in [-0.25, -0.2) is 5.06 Å². The summed E-state index contributed by atoms with van der Waals surface area (Å²) in [7, 11) is 0. The topological polar surface area (TPSA) is 47.9 Å². The Morgan fingerprint density at radius 2 is 2.00 bits per heavy atom. The number of fused-ring (bicyclic) bond motifs is 1. The van der Waals surface area contributed by atoms with Crippen LogP contribution >= 0.6 is 11.6 Å². The molecule has 19 heavy (non-hydrogen) atoms. The third-order valence-corrected chi connectivity index (χ3v) is 3.45. The normalized spacial score (nSPS) is 13.6. The summed E-state index contributed by atoms with van der Waals surface area (Å²) >= 11 is 6.11. The second-order valence-corrected chi connectivity index (χ2v) is 4.75. The average molecular weight is 274 g/mol. The number of hydrogen-bond donors (Lipinski definition) is 2. The van der Waals surface area contributed by atoms with Gasteiger partial charge in [0.1, 0.15) is 0 Å². The molecule has 0 spiro atoms. The number of anilines is 2. The largest absolute Gasteiger partial charge is 0.282 e. The molecule has 0 radical (unpaired) electrons. The predicted molar refractivity (Wildman–Crippen MR) is 77.1 cm³/mol. The van der Waals surface area contributed by atoms with Crippen molar-refractivity contribution in [1.29, 1.82) is 0 Å². The third kappa shape index (κ3) is 2.05. The predicted octanol–water partition coefficient (Wildman–Crippen LogP) is 3.63. The molecule has 4 nitrogen and oxygen atoms in total. The van der Waals surface area contributed by atoms with Crippen molar-refractivity contribution in [2.75, 3.05) is 10.5 Å². The number of nitrogens with one attached hydrogen (secondary N) is 1. The molecule has 2 aromatic rings. The number of aryl methyl sites for hydroxylation is 1. The molecule has 2 aromatic carbocycles. The zero-order valence-corrected chi connectivity index (χ0v) is 11.0. The van der Waals surface area contributed by atoms with Crippen LogP contribution in [0, 0.1) is 6.92 Å². The van der Waals surface area contributed by atoms with Crippen LogP contribution in [0.1, 0.15) is 11.1 Å². The number of nitrogens with zero attached hydrogens (tertiary/aromatic N) is 2. The lowest BCUT2D eigenvalue weighted by atomic mass is 10.1. The van der Waals surface area contributed by atoms with Gasteiger partial charge in [0.25, 0.3) is 0 Å². The minimum Gasteiger partial charge on any atom is -0.282 e. The molecule has 0 saturated carbocycles. The third-order valence-electron chi connectivity index (χ3n) is 3.05. The maximum atomic E-state index is 10.3. The summed E-state index contributed by atoms with van der Waals surface area (Å²) in [6, 6.07) is 13.0. The molecule has 0 atom stereocenters. The minimum atomic E-state index is 0.417. The summed E-state index contributed by atoms with van der Waals surface area (Å²) in [5, 5.41) is 16.1. The molecule has 0 aromatic heterocycles.